The Kier molecular flexibility index (Phi) is 2.44. The maximum Gasteiger partial charge on any atom is 0.297 e. The van der Waals surface area contributed by atoms with E-state index in [2.05, 4.69) is 0 Å². The molecule has 1 aliphatic heterocycles. The van der Waals surface area contributed by atoms with Gasteiger partial charge in [-0.25, -0.2) is 0 Å². The predicted molar refractivity (Wildman–Crippen MR) is 48.6 cm³/mol. The Morgan fingerprint density at radius 1 is 1.33 bits per heavy atom. The molecule has 6 heteroatoms. The quantitative estimate of drug-likeness (QED) is 0.855. The molecule has 0 fully saturated rings. The van der Waals surface area contributed by atoms with E-state index in [1.54, 1.807) is 0 Å². The Morgan fingerprint density at radius 2 is 1.93 bits per heavy atom. The van der Waals surface area contributed by atoms with E-state index in [0.29, 0.717) is 5.75 Å². The number of hydrogen-bond donors (Lipinski definition) is 1. The zero-order chi connectivity index (χ0) is 11.1. The summed E-state index contributed by atoms with van der Waals surface area (Å²) in [5.74, 6) is -2.84. The van der Waals surface area contributed by atoms with Gasteiger partial charge in [0.05, 0.1) is 5.02 Å². The third kappa shape index (κ3) is 1.72. The molecule has 0 amide bonds. The first kappa shape index (κ1) is 10.4. The molecule has 0 atom stereocenters. The van der Waals surface area contributed by atoms with Gasteiger partial charge in [-0.15, -0.1) is 0 Å². The van der Waals surface area contributed by atoms with Crippen molar-refractivity contribution in [3.05, 3.63) is 22.7 Å². The average molecular weight is 237 g/mol. The smallest absolute Gasteiger partial charge is 0.297 e. The highest BCUT2D eigenvalue weighted by Gasteiger charge is 2.35. The van der Waals surface area contributed by atoms with Crippen molar-refractivity contribution < 1.29 is 23.4 Å². The molecule has 2 rings (SSSR count). The molecule has 1 aromatic carbocycles. The molecule has 1 aromatic rings. The molecule has 0 saturated heterocycles. The standard InChI is InChI=1S/C9H7ClF2O3/c10-6-2-8-7(14-4-15-8)1-5(6)9(11,12)3-13/h1-2,13H,3-4H2. The molecule has 0 unspecified atom stereocenters. The number of alkyl halides is 2. The van der Waals surface area contributed by atoms with E-state index in [1.807, 2.05) is 0 Å². The lowest BCUT2D eigenvalue weighted by Gasteiger charge is -2.15. The van der Waals surface area contributed by atoms with Crippen LogP contribution in [-0.4, -0.2) is 18.5 Å². The Labute approximate surface area is 89.2 Å². The van der Waals surface area contributed by atoms with Crippen molar-refractivity contribution in [1.82, 2.24) is 0 Å². The molecule has 0 radical (unpaired) electrons. The lowest BCUT2D eigenvalue weighted by atomic mass is 10.1. The van der Waals surface area contributed by atoms with Gasteiger partial charge < -0.3 is 14.6 Å². The number of ether oxygens (including phenoxy) is 2. The number of halogens is 3. The van der Waals surface area contributed by atoms with Gasteiger partial charge in [0, 0.05) is 11.6 Å². The molecule has 1 N–H and O–H groups in total. The van der Waals surface area contributed by atoms with Crippen molar-refractivity contribution in [3.8, 4) is 11.5 Å². The van der Waals surface area contributed by atoms with Crippen LogP contribution in [0.4, 0.5) is 8.78 Å². The lowest BCUT2D eigenvalue weighted by molar-refractivity contribution is -0.0556. The van der Waals surface area contributed by atoms with Gasteiger partial charge in [0.15, 0.2) is 11.5 Å². The first-order valence-corrected chi connectivity index (χ1v) is 4.50. The van der Waals surface area contributed by atoms with Crippen LogP contribution in [0.15, 0.2) is 12.1 Å². The van der Waals surface area contributed by atoms with Gasteiger partial charge in [0.1, 0.15) is 6.61 Å². The maximum absolute atomic E-state index is 13.2. The summed E-state index contributed by atoms with van der Waals surface area (Å²) in [5.41, 5.74) is -0.462. The maximum atomic E-state index is 13.2. The van der Waals surface area contributed by atoms with E-state index in [4.69, 9.17) is 26.2 Å². The Balaban J connectivity index is 2.49. The van der Waals surface area contributed by atoms with Crippen molar-refractivity contribution in [1.29, 1.82) is 0 Å². The molecule has 0 bridgehead atoms. The van der Waals surface area contributed by atoms with Crippen LogP contribution in [-0.2, 0) is 5.92 Å². The van der Waals surface area contributed by atoms with E-state index >= 15 is 0 Å². The van der Waals surface area contributed by atoms with Crippen LogP contribution >= 0.6 is 11.6 Å². The number of hydrogen-bond acceptors (Lipinski definition) is 3. The normalized spacial score (nSPS) is 14.4. The van der Waals surface area contributed by atoms with Crippen molar-refractivity contribution in [3.63, 3.8) is 0 Å². The second-order valence-electron chi connectivity index (χ2n) is 3.05. The molecule has 3 nitrogen and oxygen atoms in total. The molecular formula is C9H7ClF2O3. The minimum Gasteiger partial charge on any atom is -0.454 e. The lowest BCUT2D eigenvalue weighted by Crippen LogP contribution is -2.18. The van der Waals surface area contributed by atoms with E-state index in [1.165, 1.54) is 6.07 Å². The molecule has 15 heavy (non-hydrogen) atoms. The van der Waals surface area contributed by atoms with Crippen LogP contribution in [0.3, 0.4) is 0 Å². The summed E-state index contributed by atoms with van der Waals surface area (Å²) < 4.78 is 36.3. The molecule has 1 heterocycles. The van der Waals surface area contributed by atoms with Crippen LogP contribution < -0.4 is 9.47 Å². The largest absolute Gasteiger partial charge is 0.454 e. The molecule has 0 aliphatic carbocycles. The summed E-state index contributed by atoms with van der Waals surface area (Å²) in [4.78, 5) is 0. The van der Waals surface area contributed by atoms with Gasteiger partial charge in [-0.3, -0.25) is 0 Å². The Morgan fingerprint density at radius 3 is 2.53 bits per heavy atom. The average Bonchev–Trinajstić information content (AvgIpc) is 2.63. The highest BCUT2D eigenvalue weighted by molar-refractivity contribution is 6.31. The van der Waals surface area contributed by atoms with Gasteiger partial charge in [-0.2, -0.15) is 8.78 Å². The zero-order valence-corrected chi connectivity index (χ0v) is 8.22. The zero-order valence-electron chi connectivity index (χ0n) is 7.47. The van der Waals surface area contributed by atoms with Gasteiger partial charge in [0.2, 0.25) is 6.79 Å². The van der Waals surface area contributed by atoms with Gasteiger partial charge in [0.25, 0.3) is 5.92 Å². The van der Waals surface area contributed by atoms with Crippen LogP contribution in [0.5, 0.6) is 11.5 Å². The van der Waals surface area contributed by atoms with Crippen molar-refractivity contribution in [2.24, 2.45) is 0 Å². The molecular weight excluding hydrogens is 230 g/mol. The minimum atomic E-state index is -3.38. The highest BCUT2D eigenvalue weighted by atomic mass is 35.5. The van der Waals surface area contributed by atoms with Crippen molar-refractivity contribution >= 4 is 11.6 Å². The number of benzene rings is 1. The first-order valence-electron chi connectivity index (χ1n) is 4.13. The summed E-state index contributed by atoms with van der Waals surface area (Å²) in [6.45, 7) is -1.31. The number of fused-ring (bicyclic) bond motifs is 1. The molecule has 0 aromatic heterocycles. The number of rotatable bonds is 2. The Bertz CT molecular complexity index is 395. The number of aliphatic hydroxyl groups is 1. The van der Waals surface area contributed by atoms with Crippen LogP contribution in [0.1, 0.15) is 5.56 Å². The monoisotopic (exact) mass is 236 g/mol. The third-order valence-electron chi connectivity index (χ3n) is 2.05. The second-order valence-corrected chi connectivity index (χ2v) is 3.46. The van der Waals surface area contributed by atoms with Gasteiger partial charge in [-0.1, -0.05) is 11.6 Å². The summed E-state index contributed by atoms with van der Waals surface area (Å²) in [5, 5.41) is 8.39. The van der Waals surface area contributed by atoms with Gasteiger partial charge in [-0.05, 0) is 6.07 Å². The van der Waals surface area contributed by atoms with Crippen LogP contribution in [0.2, 0.25) is 5.02 Å². The van der Waals surface area contributed by atoms with E-state index in [0.717, 1.165) is 6.07 Å². The van der Waals surface area contributed by atoms with E-state index < -0.39 is 18.1 Å². The number of aliphatic hydroxyl groups excluding tert-OH is 1. The van der Waals surface area contributed by atoms with Crippen LogP contribution in [0, 0.1) is 0 Å². The van der Waals surface area contributed by atoms with Crippen molar-refractivity contribution in [2.45, 2.75) is 5.92 Å². The molecule has 1 aliphatic rings. The first-order chi connectivity index (χ1) is 7.04. The van der Waals surface area contributed by atoms with Crippen LogP contribution in [0.25, 0.3) is 0 Å². The molecule has 0 spiro atoms. The predicted octanol–water partition coefficient (Wildman–Crippen LogP) is 2.15. The second kappa shape index (κ2) is 3.50. The van der Waals surface area contributed by atoms with E-state index in [9.17, 15) is 8.78 Å². The molecule has 0 saturated carbocycles. The topological polar surface area (TPSA) is 38.7 Å². The fraction of sp³-hybridized carbons (Fsp3) is 0.333. The summed E-state index contributed by atoms with van der Waals surface area (Å²) in [6.07, 6.45) is 0. The SMILES string of the molecule is OCC(F)(F)c1cc2c(cc1Cl)OCO2. The fourth-order valence-corrected chi connectivity index (χ4v) is 1.57. The third-order valence-corrected chi connectivity index (χ3v) is 2.37. The Hall–Kier alpha value is -1.07. The van der Waals surface area contributed by atoms with Gasteiger partial charge >= 0.3 is 0 Å². The summed E-state index contributed by atoms with van der Waals surface area (Å²) in [6, 6.07) is 2.34. The molecule has 82 valence electrons. The minimum absolute atomic E-state index is 0.0141. The summed E-state index contributed by atoms with van der Waals surface area (Å²) in [7, 11) is 0. The fourth-order valence-electron chi connectivity index (χ4n) is 1.28. The van der Waals surface area contributed by atoms with Crippen molar-refractivity contribution in [2.75, 3.05) is 13.4 Å². The summed E-state index contributed by atoms with van der Waals surface area (Å²) >= 11 is 5.64. The van der Waals surface area contributed by atoms with E-state index in [-0.39, 0.29) is 17.6 Å². The highest BCUT2D eigenvalue weighted by Crippen LogP contribution is 2.42.